The molecule has 0 aliphatic carbocycles. The third kappa shape index (κ3) is 3.01. The summed E-state index contributed by atoms with van der Waals surface area (Å²) in [5.74, 6) is 0. The summed E-state index contributed by atoms with van der Waals surface area (Å²) in [5.41, 5.74) is 0.317. The molecule has 3 heteroatoms. The zero-order chi connectivity index (χ0) is 9.73. The zero-order valence-corrected chi connectivity index (χ0v) is 8.47. The lowest BCUT2D eigenvalue weighted by atomic mass is 9.89. The van der Waals surface area contributed by atoms with Gasteiger partial charge in [0.1, 0.15) is 0 Å². The maximum absolute atomic E-state index is 10.1. The first-order valence-corrected chi connectivity index (χ1v) is 4.85. The van der Waals surface area contributed by atoms with Gasteiger partial charge in [0.05, 0.1) is 18.5 Å². The molecule has 1 unspecified atom stereocenters. The zero-order valence-electron chi connectivity index (χ0n) is 8.47. The average molecular weight is 185 g/mol. The Balaban J connectivity index is 2.51. The minimum absolute atomic E-state index is 0.705. The van der Waals surface area contributed by atoms with E-state index in [1.165, 1.54) is 0 Å². The minimum atomic E-state index is -0.705. The summed E-state index contributed by atoms with van der Waals surface area (Å²) in [6.07, 6.45) is 4.43. The van der Waals surface area contributed by atoms with Gasteiger partial charge in [-0.15, -0.1) is 0 Å². The fraction of sp³-hybridized carbons (Fsp3) is 0.800. The van der Waals surface area contributed by atoms with Gasteiger partial charge in [0.2, 0.25) is 0 Å². The van der Waals surface area contributed by atoms with Crippen molar-refractivity contribution in [3.63, 3.8) is 0 Å². The normalized spacial score (nSPS) is 21.6. The number of nitrogens with one attached hydrogen (secondary N) is 1. The van der Waals surface area contributed by atoms with Crippen LogP contribution in [0.1, 0.15) is 26.2 Å². The molecule has 1 aliphatic heterocycles. The van der Waals surface area contributed by atoms with Crippen LogP contribution in [-0.4, -0.2) is 30.9 Å². The molecule has 0 aromatic rings. The minimum Gasteiger partial charge on any atom is -0.501 e. The Morgan fingerprint density at radius 1 is 1.69 bits per heavy atom. The summed E-state index contributed by atoms with van der Waals surface area (Å²) < 4.78 is 5.21. The van der Waals surface area contributed by atoms with Gasteiger partial charge >= 0.3 is 0 Å². The van der Waals surface area contributed by atoms with E-state index in [0.29, 0.717) is 0 Å². The first-order chi connectivity index (χ1) is 6.17. The molecule has 0 fully saturated rings. The van der Waals surface area contributed by atoms with Crippen LogP contribution < -0.4 is 5.32 Å². The van der Waals surface area contributed by atoms with Crippen molar-refractivity contribution in [3.8, 4) is 0 Å². The summed E-state index contributed by atoms with van der Waals surface area (Å²) >= 11 is 0. The summed E-state index contributed by atoms with van der Waals surface area (Å²) in [4.78, 5) is 0. The van der Waals surface area contributed by atoms with Crippen LogP contribution in [0.4, 0.5) is 0 Å². The molecule has 0 radical (unpaired) electrons. The predicted molar refractivity (Wildman–Crippen MR) is 52.4 cm³/mol. The van der Waals surface area contributed by atoms with Crippen LogP contribution >= 0.6 is 0 Å². The quantitative estimate of drug-likeness (QED) is 0.687. The van der Waals surface area contributed by atoms with Gasteiger partial charge in [0.15, 0.2) is 0 Å². The molecule has 0 saturated heterocycles. The summed E-state index contributed by atoms with van der Waals surface area (Å²) in [7, 11) is 1.89. The highest BCUT2D eigenvalue weighted by Gasteiger charge is 2.26. The second-order valence-electron chi connectivity index (χ2n) is 3.74. The summed E-state index contributed by atoms with van der Waals surface area (Å²) in [6, 6.07) is 0. The van der Waals surface area contributed by atoms with E-state index in [9.17, 15) is 5.11 Å². The second kappa shape index (κ2) is 4.63. The molecule has 1 atom stereocenters. The van der Waals surface area contributed by atoms with Crippen LogP contribution in [0, 0.1) is 0 Å². The molecule has 0 amide bonds. The maximum atomic E-state index is 10.1. The summed E-state index contributed by atoms with van der Waals surface area (Å²) in [5, 5.41) is 13.1. The largest absolute Gasteiger partial charge is 0.501 e. The Bertz CT molecular complexity index is 187. The van der Waals surface area contributed by atoms with Crippen LogP contribution in [0.15, 0.2) is 11.8 Å². The topological polar surface area (TPSA) is 41.5 Å². The van der Waals surface area contributed by atoms with Gasteiger partial charge < -0.3 is 15.2 Å². The predicted octanol–water partition coefficient (Wildman–Crippen LogP) is 1.04. The van der Waals surface area contributed by atoms with E-state index in [1.807, 2.05) is 14.0 Å². The highest BCUT2D eigenvalue weighted by atomic mass is 16.5. The Morgan fingerprint density at radius 3 is 3.00 bits per heavy atom. The van der Waals surface area contributed by atoms with Gasteiger partial charge in [0, 0.05) is 0 Å². The van der Waals surface area contributed by atoms with Crippen molar-refractivity contribution in [2.45, 2.75) is 31.8 Å². The van der Waals surface area contributed by atoms with Crippen molar-refractivity contribution in [2.24, 2.45) is 0 Å². The van der Waals surface area contributed by atoms with Gasteiger partial charge in [-0.25, -0.2) is 0 Å². The van der Waals surface area contributed by atoms with E-state index < -0.39 is 5.60 Å². The Kier molecular flexibility index (Phi) is 3.75. The van der Waals surface area contributed by atoms with Gasteiger partial charge in [-0.3, -0.25) is 0 Å². The smallest absolute Gasteiger partial charge is 0.0876 e. The molecule has 1 heterocycles. The Morgan fingerprint density at radius 2 is 2.46 bits per heavy atom. The van der Waals surface area contributed by atoms with Crippen LogP contribution in [-0.2, 0) is 4.74 Å². The van der Waals surface area contributed by atoms with E-state index in [1.54, 1.807) is 6.26 Å². The molecule has 2 N–H and O–H groups in total. The first kappa shape index (κ1) is 10.5. The van der Waals surface area contributed by atoms with Gasteiger partial charge in [0.25, 0.3) is 0 Å². The molecular formula is C10H19NO2. The number of ether oxygens (including phenoxy) is 1. The molecule has 1 rings (SSSR count). The number of hydrogen-bond donors (Lipinski definition) is 2. The van der Waals surface area contributed by atoms with E-state index in [2.05, 4.69) is 5.32 Å². The van der Waals surface area contributed by atoms with E-state index >= 15 is 0 Å². The maximum Gasteiger partial charge on any atom is 0.0876 e. The van der Waals surface area contributed by atoms with E-state index in [4.69, 9.17) is 4.74 Å². The first-order valence-electron chi connectivity index (χ1n) is 4.85. The van der Waals surface area contributed by atoms with Gasteiger partial charge in [-0.2, -0.15) is 0 Å². The van der Waals surface area contributed by atoms with Crippen LogP contribution in [0.2, 0.25) is 0 Å². The molecule has 0 saturated carbocycles. The molecule has 0 aromatic heterocycles. The number of aliphatic hydroxyl groups is 1. The summed E-state index contributed by atoms with van der Waals surface area (Å²) in [6.45, 7) is 3.46. The molecular weight excluding hydrogens is 166 g/mol. The van der Waals surface area contributed by atoms with E-state index in [0.717, 1.165) is 38.0 Å². The fourth-order valence-electron chi connectivity index (χ4n) is 1.49. The van der Waals surface area contributed by atoms with Crippen LogP contribution in [0.3, 0.4) is 0 Å². The lowest BCUT2D eigenvalue weighted by Crippen LogP contribution is -2.32. The van der Waals surface area contributed by atoms with Gasteiger partial charge in [-0.1, -0.05) is 0 Å². The monoisotopic (exact) mass is 185 g/mol. The average Bonchev–Trinajstić information content (AvgIpc) is 2.16. The van der Waals surface area contributed by atoms with Crippen LogP contribution in [0.25, 0.3) is 0 Å². The van der Waals surface area contributed by atoms with Crippen LogP contribution in [0.5, 0.6) is 0 Å². The standard InChI is InChI=1S/C10H19NO2/c1-10(12,5-6-11-2)9-4-3-7-13-8-9/h8,11-12H,3-7H2,1-2H3. The molecule has 76 valence electrons. The Hall–Kier alpha value is -0.540. The molecule has 0 bridgehead atoms. The molecule has 1 aliphatic rings. The van der Waals surface area contributed by atoms with Crippen molar-refractivity contribution in [3.05, 3.63) is 11.8 Å². The lowest BCUT2D eigenvalue weighted by Gasteiger charge is -2.28. The second-order valence-corrected chi connectivity index (χ2v) is 3.74. The highest BCUT2D eigenvalue weighted by Crippen LogP contribution is 2.26. The number of hydrogen-bond acceptors (Lipinski definition) is 3. The van der Waals surface area contributed by atoms with Gasteiger partial charge in [-0.05, 0) is 45.4 Å². The van der Waals surface area contributed by atoms with Crippen molar-refractivity contribution < 1.29 is 9.84 Å². The van der Waals surface area contributed by atoms with Crippen molar-refractivity contribution in [1.82, 2.24) is 5.32 Å². The van der Waals surface area contributed by atoms with Crippen molar-refractivity contribution in [1.29, 1.82) is 0 Å². The van der Waals surface area contributed by atoms with Crippen molar-refractivity contribution in [2.75, 3.05) is 20.2 Å². The third-order valence-electron chi connectivity index (χ3n) is 2.49. The fourth-order valence-corrected chi connectivity index (χ4v) is 1.49. The third-order valence-corrected chi connectivity index (χ3v) is 2.49. The molecule has 0 aromatic carbocycles. The number of rotatable bonds is 4. The lowest BCUT2D eigenvalue weighted by molar-refractivity contribution is 0.0725. The highest BCUT2D eigenvalue weighted by molar-refractivity contribution is 5.14. The van der Waals surface area contributed by atoms with Crippen molar-refractivity contribution >= 4 is 0 Å². The Labute approximate surface area is 79.8 Å². The molecule has 3 nitrogen and oxygen atoms in total. The van der Waals surface area contributed by atoms with E-state index in [-0.39, 0.29) is 0 Å². The SMILES string of the molecule is CNCCC(C)(O)C1=COCCC1. The molecule has 0 spiro atoms. The molecule has 13 heavy (non-hydrogen) atoms.